The van der Waals surface area contributed by atoms with Gasteiger partial charge in [-0.15, -0.1) is 0 Å². The zero-order valence-corrected chi connectivity index (χ0v) is 21.2. The fourth-order valence-electron chi connectivity index (χ4n) is 5.14. The van der Waals surface area contributed by atoms with Crippen LogP contribution in [-0.2, 0) is 9.53 Å². The lowest BCUT2D eigenvalue weighted by Crippen LogP contribution is -2.44. The van der Waals surface area contributed by atoms with E-state index in [1.54, 1.807) is 6.20 Å². The van der Waals surface area contributed by atoms with Gasteiger partial charge in [0.2, 0.25) is 12.7 Å². The summed E-state index contributed by atoms with van der Waals surface area (Å²) in [7, 11) is 1.50. The van der Waals surface area contributed by atoms with Gasteiger partial charge in [-0.05, 0) is 56.6 Å². The molecule has 3 N–H and O–H groups in total. The van der Waals surface area contributed by atoms with E-state index in [-0.39, 0.29) is 37.3 Å². The topological polar surface area (TPSA) is 137 Å². The van der Waals surface area contributed by atoms with Gasteiger partial charge in [-0.1, -0.05) is 0 Å². The summed E-state index contributed by atoms with van der Waals surface area (Å²) >= 11 is 0. The quantitative estimate of drug-likeness (QED) is 0.391. The molecule has 0 radical (unpaired) electrons. The predicted octanol–water partition coefficient (Wildman–Crippen LogP) is 2.95. The van der Waals surface area contributed by atoms with Gasteiger partial charge in [0.15, 0.2) is 11.5 Å². The van der Waals surface area contributed by atoms with Crippen LogP contribution in [0.5, 0.6) is 17.2 Å². The number of benzene rings is 1. The molecule has 200 valence electrons. The van der Waals surface area contributed by atoms with Crippen molar-refractivity contribution in [2.45, 2.75) is 50.6 Å². The molecule has 0 unspecified atom stereocenters. The molecule has 6 rings (SSSR count). The minimum atomic E-state index is -0.198. The minimum Gasteiger partial charge on any atom is -0.492 e. The van der Waals surface area contributed by atoms with E-state index in [2.05, 4.69) is 25.6 Å². The first-order chi connectivity index (χ1) is 18.6. The summed E-state index contributed by atoms with van der Waals surface area (Å²) in [5.41, 5.74) is 2.88. The third kappa shape index (κ3) is 4.98. The van der Waals surface area contributed by atoms with Crippen LogP contribution in [0.1, 0.15) is 48.9 Å². The van der Waals surface area contributed by atoms with Gasteiger partial charge in [-0.25, -0.2) is 9.97 Å². The molecule has 0 spiro atoms. The standard InChI is InChI=1S/C27H31N5O6/c1-35-12-21(33)31-16-4-6-17(7-5-16)32-27(34)18-10-28-25-23(18)29-13-30-24(25)22-19(36-11-15-2-3-15)8-9-20-26(22)38-14-37-20/h8-10,13,15-17,28H,2-7,11-12,14H2,1H3,(H,31,33)(H,32,34). The second-order valence-corrected chi connectivity index (χ2v) is 10.1. The molecule has 0 saturated heterocycles. The van der Waals surface area contributed by atoms with Crippen LogP contribution in [0.2, 0.25) is 0 Å². The number of carbonyl (C=O) groups excluding carboxylic acids is 2. The van der Waals surface area contributed by atoms with Crippen molar-refractivity contribution in [3.63, 3.8) is 0 Å². The summed E-state index contributed by atoms with van der Waals surface area (Å²) < 4.78 is 22.5. The molecule has 2 saturated carbocycles. The normalized spacial score (nSPS) is 20.3. The number of fused-ring (bicyclic) bond motifs is 2. The average Bonchev–Trinajstić information content (AvgIpc) is 3.44. The lowest BCUT2D eigenvalue weighted by Gasteiger charge is -2.29. The smallest absolute Gasteiger partial charge is 0.255 e. The summed E-state index contributed by atoms with van der Waals surface area (Å²) in [6, 6.07) is 3.85. The molecule has 2 amide bonds. The van der Waals surface area contributed by atoms with Crippen molar-refractivity contribution in [3.8, 4) is 28.5 Å². The summed E-state index contributed by atoms with van der Waals surface area (Å²) in [4.78, 5) is 37.3. The molecule has 3 aromatic rings. The Hall–Kier alpha value is -3.86. The van der Waals surface area contributed by atoms with Crippen LogP contribution in [-0.4, -0.2) is 66.0 Å². The zero-order valence-electron chi connectivity index (χ0n) is 21.2. The number of aromatic nitrogens is 3. The van der Waals surface area contributed by atoms with Gasteiger partial charge in [0.1, 0.15) is 29.9 Å². The molecule has 3 aliphatic rings. The van der Waals surface area contributed by atoms with Crippen LogP contribution in [0.15, 0.2) is 24.7 Å². The first-order valence-corrected chi connectivity index (χ1v) is 13.1. The first kappa shape index (κ1) is 24.5. The van der Waals surface area contributed by atoms with Gasteiger partial charge in [0.25, 0.3) is 5.91 Å². The molecule has 0 atom stereocenters. The maximum Gasteiger partial charge on any atom is 0.255 e. The van der Waals surface area contributed by atoms with Crippen LogP contribution in [0.25, 0.3) is 22.3 Å². The van der Waals surface area contributed by atoms with Gasteiger partial charge in [-0.2, -0.15) is 0 Å². The van der Waals surface area contributed by atoms with Crippen molar-refractivity contribution in [1.82, 2.24) is 25.6 Å². The number of H-pyrrole nitrogens is 1. The number of hydrogen-bond acceptors (Lipinski definition) is 8. The Morgan fingerprint density at radius 3 is 2.61 bits per heavy atom. The highest BCUT2D eigenvalue weighted by Gasteiger charge is 2.30. The van der Waals surface area contributed by atoms with Gasteiger partial charge in [0.05, 0.1) is 23.3 Å². The summed E-state index contributed by atoms with van der Waals surface area (Å²) in [6.45, 7) is 0.817. The number of nitrogens with zero attached hydrogens (tertiary/aromatic N) is 2. The predicted molar refractivity (Wildman–Crippen MR) is 137 cm³/mol. The molecule has 1 aromatic carbocycles. The highest BCUT2D eigenvalue weighted by atomic mass is 16.7. The Balaban J connectivity index is 1.21. The average molecular weight is 522 g/mol. The molecule has 2 fully saturated rings. The van der Waals surface area contributed by atoms with Crippen LogP contribution < -0.4 is 24.8 Å². The molecule has 11 heteroatoms. The highest BCUT2D eigenvalue weighted by molar-refractivity contribution is 6.08. The van der Waals surface area contributed by atoms with E-state index in [0.29, 0.717) is 57.6 Å². The zero-order chi connectivity index (χ0) is 26.1. The van der Waals surface area contributed by atoms with Gasteiger partial charge in [0, 0.05) is 25.4 Å². The molecule has 1 aliphatic heterocycles. The third-order valence-corrected chi connectivity index (χ3v) is 7.32. The number of nitrogens with one attached hydrogen (secondary N) is 3. The van der Waals surface area contributed by atoms with Gasteiger partial charge in [-0.3, -0.25) is 9.59 Å². The maximum atomic E-state index is 13.3. The fraction of sp³-hybridized carbons (Fsp3) is 0.481. The van der Waals surface area contributed by atoms with Crippen molar-refractivity contribution in [2.75, 3.05) is 27.1 Å². The largest absolute Gasteiger partial charge is 0.492 e. The molecular formula is C27H31N5O6. The number of carbonyl (C=O) groups is 2. The Kier molecular flexibility index (Phi) is 6.75. The fourth-order valence-corrected chi connectivity index (χ4v) is 5.14. The summed E-state index contributed by atoms with van der Waals surface area (Å²) in [6.07, 6.45) is 8.63. The third-order valence-electron chi connectivity index (χ3n) is 7.32. The van der Waals surface area contributed by atoms with Crippen molar-refractivity contribution in [1.29, 1.82) is 0 Å². The van der Waals surface area contributed by atoms with Crippen LogP contribution >= 0.6 is 0 Å². The molecule has 2 aromatic heterocycles. The molecule has 38 heavy (non-hydrogen) atoms. The van der Waals surface area contributed by atoms with E-state index < -0.39 is 0 Å². The second kappa shape index (κ2) is 10.5. The van der Waals surface area contributed by atoms with Crippen molar-refractivity contribution in [3.05, 3.63) is 30.2 Å². The van der Waals surface area contributed by atoms with Crippen molar-refractivity contribution < 1.29 is 28.5 Å². The van der Waals surface area contributed by atoms with Crippen molar-refractivity contribution in [2.24, 2.45) is 5.92 Å². The minimum absolute atomic E-state index is 0.0229. The Morgan fingerprint density at radius 1 is 1.05 bits per heavy atom. The van der Waals surface area contributed by atoms with E-state index in [1.807, 2.05) is 12.1 Å². The number of hydrogen-bond donors (Lipinski definition) is 3. The van der Waals surface area contributed by atoms with Crippen LogP contribution in [0.4, 0.5) is 0 Å². The second-order valence-electron chi connectivity index (χ2n) is 10.1. The molecular weight excluding hydrogens is 490 g/mol. The first-order valence-electron chi connectivity index (χ1n) is 13.1. The maximum absolute atomic E-state index is 13.3. The van der Waals surface area contributed by atoms with Crippen LogP contribution in [0, 0.1) is 5.92 Å². The molecule has 3 heterocycles. The van der Waals surface area contributed by atoms with E-state index in [1.165, 1.54) is 26.3 Å². The molecule has 2 aliphatic carbocycles. The summed E-state index contributed by atoms with van der Waals surface area (Å²) in [5.74, 6) is 2.14. The summed E-state index contributed by atoms with van der Waals surface area (Å²) in [5, 5.41) is 6.12. The SMILES string of the molecule is COCC(=O)NC1CCC(NC(=O)c2c[nH]c3c(-c4c(OCC5CC5)ccc5c4OCO5)ncnc23)CC1. The Bertz CT molecular complexity index is 1350. The Morgan fingerprint density at radius 2 is 1.84 bits per heavy atom. The van der Waals surface area contributed by atoms with E-state index in [4.69, 9.17) is 18.9 Å². The number of ether oxygens (including phenoxy) is 4. The monoisotopic (exact) mass is 521 g/mol. The Labute approximate surface area is 219 Å². The van der Waals surface area contributed by atoms with Gasteiger partial charge < -0.3 is 34.6 Å². The molecule has 11 nitrogen and oxygen atoms in total. The number of aromatic amines is 1. The van der Waals surface area contributed by atoms with Crippen molar-refractivity contribution >= 4 is 22.8 Å². The van der Waals surface area contributed by atoms with Crippen LogP contribution in [0.3, 0.4) is 0 Å². The number of methoxy groups -OCH3 is 1. The number of rotatable bonds is 9. The van der Waals surface area contributed by atoms with E-state index >= 15 is 0 Å². The van der Waals surface area contributed by atoms with E-state index in [9.17, 15) is 9.59 Å². The lowest BCUT2D eigenvalue weighted by molar-refractivity contribution is -0.125. The lowest BCUT2D eigenvalue weighted by atomic mass is 9.91. The van der Waals surface area contributed by atoms with Gasteiger partial charge >= 0.3 is 0 Å². The molecule has 0 bridgehead atoms. The van der Waals surface area contributed by atoms with E-state index in [0.717, 1.165) is 25.7 Å². The highest BCUT2D eigenvalue weighted by Crippen LogP contribution is 2.48. The number of amides is 2.